The molecule has 0 aromatic carbocycles. The number of rotatable bonds is 5. The maximum Gasteiger partial charge on any atom is 0.0504 e. The van der Waals surface area contributed by atoms with Crippen molar-refractivity contribution in [3.05, 3.63) is 22.4 Å². The Hall–Kier alpha value is -0.380. The summed E-state index contributed by atoms with van der Waals surface area (Å²) >= 11 is 1.74. The molecule has 14 heavy (non-hydrogen) atoms. The minimum absolute atomic E-state index is 0.185. The molecule has 0 aliphatic carbocycles. The van der Waals surface area contributed by atoms with Crippen molar-refractivity contribution in [3.8, 4) is 0 Å². The van der Waals surface area contributed by atoms with E-state index >= 15 is 0 Å². The first kappa shape index (κ1) is 11.7. The smallest absolute Gasteiger partial charge is 0.0504 e. The van der Waals surface area contributed by atoms with Gasteiger partial charge in [-0.2, -0.15) is 11.3 Å². The molecule has 0 aliphatic rings. The van der Waals surface area contributed by atoms with Gasteiger partial charge in [0.1, 0.15) is 0 Å². The topological polar surface area (TPSA) is 29.3 Å². The Labute approximate surface area is 90.7 Å². The molecule has 1 aromatic rings. The summed E-state index contributed by atoms with van der Waals surface area (Å²) in [7, 11) is 0. The molecule has 1 rings (SSSR count). The lowest BCUT2D eigenvalue weighted by Crippen LogP contribution is -2.39. The zero-order chi connectivity index (χ0) is 10.6. The second kappa shape index (κ2) is 5.49. The molecule has 0 spiro atoms. The summed E-state index contributed by atoms with van der Waals surface area (Å²) in [5.41, 5.74) is 7.40. The van der Waals surface area contributed by atoms with E-state index in [1.165, 1.54) is 5.56 Å². The lowest BCUT2D eigenvalue weighted by Gasteiger charge is -2.32. The highest BCUT2D eigenvalue weighted by atomic mass is 32.1. The average molecular weight is 212 g/mol. The molecule has 3 heteroatoms. The van der Waals surface area contributed by atoms with E-state index < -0.39 is 0 Å². The number of likely N-dealkylation sites (N-methyl/N-ethyl adjacent to an activating group) is 1. The Kier molecular flexibility index (Phi) is 4.58. The molecular formula is C11H20N2S. The normalized spacial score (nSPS) is 15.8. The van der Waals surface area contributed by atoms with Crippen molar-refractivity contribution in [3.63, 3.8) is 0 Å². The van der Waals surface area contributed by atoms with Crippen LogP contribution >= 0.6 is 11.3 Å². The van der Waals surface area contributed by atoms with Crippen LogP contribution in [0.1, 0.15) is 32.4 Å². The van der Waals surface area contributed by atoms with Crippen LogP contribution in [0.25, 0.3) is 0 Å². The predicted octanol–water partition coefficient (Wildman–Crippen LogP) is 2.48. The van der Waals surface area contributed by atoms with Gasteiger partial charge in [0.25, 0.3) is 0 Å². The van der Waals surface area contributed by atoms with Crippen LogP contribution in [0, 0.1) is 0 Å². The van der Waals surface area contributed by atoms with Crippen LogP contribution in [-0.4, -0.2) is 24.0 Å². The third kappa shape index (κ3) is 2.56. The fraction of sp³-hybridized carbons (Fsp3) is 0.636. The molecule has 0 fully saturated rings. The number of nitrogens with two attached hydrogens (primary N) is 1. The van der Waals surface area contributed by atoms with E-state index in [0.29, 0.717) is 6.04 Å². The van der Waals surface area contributed by atoms with Gasteiger partial charge in [-0.1, -0.05) is 13.8 Å². The Morgan fingerprint density at radius 2 is 2.07 bits per heavy atom. The highest BCUT2D eigenvalue weighted by molar-refractivity contribution is 7.07. The number of nitrogens with zero attached hydrogens (tertiary/aromatic N) is 1. The van der Waals surface area contributed by atoms with Crippen molar-refractivity contribution in [2.45, 2.75) is 32.9 Å². The van der Waals surface area contributed by atoms with Crippen LogP contribution in [0.5, 0.6) is 0 Å². The van der Waals surface area contributed by atoms with Gasteiger partial charge in [-0.3, -0.25) is 4.90 Å². The van der Waals surface area contributed by atoms with E-state index in [9.17, 15) is 0 Å². The summed E-state index contributed by atoms with van der Waals surface area (Å²) in [5, 5.41) is 4.32. The van der Waals surface area contributed by atoms with Crippen molar-refractivity contribution in [1.29, 1.82) is 0 Å². The summed E-state index contributed by atoms with van der Waals surface area (Å²) < 4.78 is 0. The monoisotopic (exact) mass is 212 g/mol. The maximum absolute atomic E-state index is 6.04. The van der Waals surface area contributed by atoms with Crippen LogP contribution in [0.2, 0.25) is 0 Å². The predicted molar refractivity (Wildman–Crippen MR) is 63.6 cm³/mol. The SMILES string of the molecule is CCN(CC)C(c1ccsc1)C(C)N. The molecule has 2 N–H and O–H groups in total. The Bertz CT molecular complexity index is 240. The van der Waals surface area contributed by atoms with Gasteiger partial charge in [-0.25, -0.2) is 0 Å². The van der Waals surface area contributed by atoms with Gasteiger partial charge in [0.15, 0.2) is 0 Å². The van der Waals surface area contributed by atoms with E-state index in [2.05, 4.69) is 42.5 Å². The second-order valence-corrected chi connectivity index (χ2v) is 4.36. The minimum atomic E-state index is 0.185. The van der Waals surface area contributed by atoms with E-state index in [1.54, 1.807) is 11.3 Å². The molecule has 2 nitrogen and oxygen atoms in total. The van der Waals surface area contributed by atoms with Crippen molar-refractivity contribution < 1.29 is 0 Å². The fourth-order valence-electron chi connectivity index (χ4n) is 1.91. The first-order valence-electron chi connectivity index (χ1n) is 5.22. The average Bonchev–Trinajstić information content (AvgIpc) is 2.65. The molecule has 1 aromatic heterocycles. The second-order valence-electron chi connectivity index (χ2n) is 3.58. The lowest BCUT2D eigenvalue weighted by molar-refractivity contribution is 0.196. The molecule has 0 amide bonds. The zero-order valence-electron chi connectivity index (χ0n) is 9.23. The van der Waals surface area contributed by atoms with Crippen molar-refractivity contribution in [2.24, 2.45) is 5.73 Å². The van der Waals surface area contributed by atoms with E-state index in [1.807, 2.05) is 0 Å². The molecule has 1 heterocycles. The molecule has 0 saturated heterocycles. The largest absolute Gasteiger partial charge is 0.326 e. The summed E-state index contributed by atoms with van der Waals surface area (Å²) in [4.78, 5) is 2.41. The summed E-state index contributed by atoms with van der Waals surface area (Å²) in [6, 6.07) is 2.73. The molecule has 80 valence electrons. The quantitative estimate of drug-likeness (QED) is 0.812. The number of hydrogen-bond acceptors (Lipinski definition) is 3. The Balaban J connectivity index is 2.84. The van der Waals surface area contributed by atoms with Gasteiger partial charge < -0.3 is 5.73 Å². The van der Waals surface area contributed by atoms with Crippen LogP contribution in [0.3, 0.4) is 0 Å². The third-order valence-corrected chi connectivity index (χ3v) is 3.29. The molecule has 0 aliphatic heterocycles. The van der Waals surface area contributed by atoms with Gasteiger partial charge in [-0.05, 0) is 42.4 Å². The highest BCUT2D eigenvalue weighted by Crippen LogP contribution is 2.24. The van der Waals surface area contributed by atoms with Gasteiger partial charge in [0.05, 0.1) is 6.04 Å². The Morgan fingerprint density at radius 1 is 1.43 bits per heavy atom. The lowest BCUT2D eigenvalue weighted by atomic mass is 10.0. The zero-order valence-corrected chi connectivity index (χ0v) is 10.1. The molecular weight excluding hydrogens is 192 g/mol. The molecule has 0 radical (unpaired) electrons. The molecule has 0 saturated carbocycles. The van der Waals surface area contributed by atoms with Crippen LogP contribution in [-0.2, 0) is 0 Å². The summed E-state index contributed by atoms with van der Waals surface area (Å²) in [6.07, 6.45) is 0. The molecule has 2 unspecified atom stereocenters. The van der Waals surface area contributed by atoms with Gasteiger partial charge in [0.2, 0.25) is 0 Å². The van der Waals surface area contributed by atoms with Gasteiger partial charge >= 0.3 is 0 Å². The first-order chi connectivity index (χ1) is 6.70. The number of hydrogen-bond donors (Lipinski definition) is 1. The van der Waals surface area contributed by atoms with Crippen molar-refractivity contribution >= 4 is 11.3 Å². The van der Waals surface area contributed by atoms with Crippen LogP contribution in [0.4, 0.5) is 0 Å². The first-order valence-corrected chi connectivity index (χ1v) is 6.16. The van der Waals surface area contributed by atoms with Gasteiger partial charge in [0, 0.05) is 6.04 Å². The fourth-order valence-corrected chi connectivity index (χ4v) is 2.60. The van der Waals surface area contributed by atoms with Crippen LogP contribution in [0.15, 0.2) is 16.8 Å². The van der Waals surface area contributed by atoms with E-state index in [-0.39, 0.29) is 6.04 Å². The van der Waals surface area contributed by atoms with Gasteiger partial charge in [-0.15, -0.1) is 0 Å². The van der Waals surface area contributed by atoms with Crippen molar-refractivity contribution in [2.75, 3.05) is 13.1 Å². The Morgan fingerprint density at radius 3 is 2.43 bits per heavy atom. The highest BCUT2D eigenvalue weighted by Gasteiger charge is 2.21. The third-order valence-electron chi connectivity index (χ3n) is 2.59. The maximum atomic E-state index is 6.04. The summed E-state index contributed by atoms with van der Waals surface area (Å²) in [5.74, 6) is 0. The van der Waals surface area contributed by atoms with Crippen LogP contribution < -0.4 is 5.73 Å². The minimum Gasteiger partial charge on any atom is -0.326 e. The number of thiophene rings is 1. The standard InChI is InChI=1S/C11H20N2S/c1-4-13(5-2)11(9(3)12)10-6-7-14-8-10/h6-9,11H,4-5,12H2,1-3H3. The molecule has 2 atom stereocenters. The van der Waals surface area contributed by atoms with Crippen molar-refractivity contribution in [1.82, 2.24) is 4.90 Å². The molecule has 0 bridgehead atoms. The van der Waals surface area contributed by atoms with E-state index in [0.717, 1.165) is 13.1 Å². The summed E-state index contributed by atoms with van der Waals surface area (Å²) in [6.45, 7) is 8.56. The van der Waals surface area contributed by atoms with E-state index in [4.69, 9.17) is 5.73 Å².